The van der Waals surface area contributed by atoms with Crippen molar-refractivity contribution in [1.29, 1.82) is 0 Å². The van der Waals surface area contributed by atoms with E-state index >= 15 is 0 Å². The predicted molar refractivity (Wildman–Crippen MR) is 118 cm³/mol. The van der Waals surface area contributed by atoms with Crippen molar-refractivity contribution < 1.29 is 4.74 Å². The second kappa shape index (κ2) is 8.95. The molecule has 4 heterocycles. The minimum atomic E-state index is 0.241. The van der Waals surface area contributed by atoms with Crippen LogP contribution in [0.15, 0.2) is 24.3 Å². The minimum Gasteiger partial charge on any atom is -0.376 e. The van der Waals surface area contributed by atoms with Crippen LogP contribution in [0.5, 0.6) is 0 Å². The number of tetrazole rings is 1. The van der Waals surface area contributed by atoms with E-state index in [0.29, 0.717) is 0 Å². The fourth-order valence-electron chi connectivity index (χ4n) is 4.53. The smallest absolute Gasteiger partial charge is 0.186 e. The van der Waals surface area contributed by atoms with Crippen molar-refractivity contribution in [3.05, 3.63) is 30.1 Å². The van der Waals surface area contributed by atoms with Gasteiger partial charge in [0.1, 0.15) is 0 Å². The van der Waals surface area contributed by atoms with Gasteiger partial charge in [-0.3, -0.25) is 4.90 Å². The monoisotopic (exact) mass is 427 g/mol. The molecule has 0 spiro atoms. The van der Waals surface area contributed by atoms with Gasteiger partial charge in [0.2, 0.25) is 0 Å². The van der Waals surface area contributed by atoms with E-state index in [9.17, 15) is 0 Å². The Hall–Kier alpha value is -2.10. The largest absolute Gasteiger partial charge is 0.376 e. The molecule has 30 heavy (non-hydrogen) atoms. The third-order valence-corrected chi connectivity index (χ3v) is 7.23. The van der Waals surface area contributed by atoms with E-state index < -0.39 is 0 Å². The summed E-state index contributed by atoms with van der Waals surface area (Å²) in [6, 6.07) is 8.64. The molecule has 2 aromatic heterocycles. The summed E-state index contributed by atoms with van der Waals surface area (Å²) in [6.07, 6.45) is 4.64. The molecule has 0 radical (unpaired) electrons. The van der Waals surface area contributed by atoms with Crippen molar-refractivity contribution in [2.45, 2.75) is 51.3 Å². The van der Waals surface area contributed by atoms with Crippen LogP contribution in [-0.2, 0) is 11.3 Å². The number of benzene rings is 1. The highest BCUT2D eigenvalue weighted by molar-refractivity contribution is 7.22. The van der Waals surface area contributed by atoms with Gasteiger partial charge in [-0.2, -0.15) is 0 Å². The summed E-state index contributed by atoms with van der Waals surface area (Å²) in [7, 11) is 0. The summed E-state index contributed by atoms with van der Waals surface area (Å²) in [5.74, 6) is 0.987. The zero-order chi connectivity index (χ0) is 20.3. The first-order chi connectivity index (χ1) is 14.8. The Morgan fingerprint density at radius 1 is 1.20 bits per heavy atom. The number of ether oxygens (including phenoxy) is 1. The van der Waals surface area contributed by atoms with Crippen LogP contribution in [0.25, 0.3) is 10.2 Å². The molecule has 3 aromatic rings. The molecule has 2 aliphatic heterocycles. The second-order valence-electron chi connectivity index (χ2n) is 8.15. The maximum Gasteiger partial charge on any atom is 0.186 e. The second-order valence-corrected chi connectivity index (χ2v) is 9.15. The van der Waals surface area contributed by atoms with Crippen LogP contribution in [0.1, 0.15) is 44.5 Å². The number of rotatable bonds is 7. The quantitative estimate of drug-likeness (QED) is 0.574. The first kappa shape index (κ1) is 19.8. The Morgan fingerprint density at radius 2 is 2.07 bits per heavy atom. The first-order valence-electron chi connectivity index (χ1n) is 11.0. The number of hydrogen-bond acceptors (Lipinski definition) is 8. The topological polar surface area (TPSA) is 72.2 Å². The molecule has 0 amide bonds. The average molecular weight is 428 g/mol. The van der Waals surface area contributed by atoms with Gasteiger partial charge in [-0.1, -0.05) is 36.8 Å². The van der Waals surface area contributed by atoms with Crippen molar-refractivity contribution in [2.24, 2.45) is 0 Å². The van der Waals surface area contributed by atoms with E-state index in [-0.39, 0.29) is 12.1 Å². The van der Waals surface area contributed by atoms with Gasteiger partial charge >= 0.3 is 0 Å². The maximum atomic E-state index is 5.81. The number of para-hydroxylation sites is 1. The van der Waals surface area contributed by atoms with Gasteiger partial charge in [-0.15, -0.1) is 5.10 Å². The molecule has 0 bridgehead atoms. The molecular weight excluding hydrogens is 398 g/mol. The molecule has 2 atom stereocenters. The van der Waals surface area contributed by atoms with Gasteiger partial charge in [0.05, 0.1) is 28.9 Å². The van der Waals surface area contributed by atoms with Gasteiger partial charge in [0.15, 0.2) is 11.0 Å². The molecule has 0 N–H and O–H groups in total. The fourth-order valence-corrected chi connectivity index (χ4v) is 5.55. The van der Waals surface area contributed by atoms with E-state index in [1.54, 1.807) is 11.3 Å². The standard InChI is InChI=1S/C21H29N7OS/c1-2-6-18(20-23-24-25-28(20)15-16-7-5-14-29-16)26-10-12-27(13-11-26)21-22-17-8-3-4-9-19(17)30-21/h3-4,8-9,16,18H,2,5-7,10-15H2,1H3/t16-,18-/m1/s1. The van der Waals surface area contributed by atoms with E-state index in [4.69, 9.17) is 9.72 Å². The van der Waals surface area contributed by atoms with Crippen molar-refractivity contribution in [2.75, 3.05) is 37.7 Å². The van der Waals surface area contributed by atoms with Crippen molar-refractivity contribution in [3.63, 3.8) is 0 Å². The molecule has 1 aromatic carbocycles. The van der Waals surface area contributed by atoms with Crippen LogP contribution in [0, 0.1) is 0 Å². The van der Waals surface area contributed by atoms with E-state index in [0.717, 1.165) is 81.5 Å². The van der Waals surface area contributed by atoms with Gasteiger partial charge in [0.25, 0.3) is 0 Å². The normalized spacial score (nSPS) is 21.5. The lowest BCUT2D eigenvalue weighted by Crippen LogP contribution is -2.48. The van der Waals surface area contributed by atoms with Crippen LogP contribution < -0.4 is 4.90 Å². The molecule has 8 nitrogen and oxygen atoms in total. The zero-order valence-electron chi connectivity index (χ0n) is 17.5. The molecule has 2 saturated heterocycles. The maximum absolute atomic E-state index is 5.81. The molecule has 0 saturated carbocycles. The number of aromatic nitrogens is 5. The highest BCUT2D eigenvalue weighted by Crippen LogP contribution is 2.31. The molecule has 5 rings (SSSR count). The number of anilines is 1. The molecule has 2 fully saturated rings. The van der Waals surface area contributed by atoms with Crippen molar-refractivity contribution in [3.8, 4) is 0 Å². The van der Waals surface area contributed by atoms with Gasteiger partial charge in [0, 0.05) is 32.8 Å². The first-order valence-corrected chi connectivity index (χ1v) is 11.9. The number of fused-ring (bicyclic) bond motifs is 1. The van der Waals surface area contributed by atoms with Gasteiger partial charge < -0.3 is 9.64 Å². The SMILES string of the molecule is CCC[C@H](c1nnnn1C[C@H]1CCCO1)N1CCN(c2nc3ccccc3s2)CC1. The Morgan fingerprint density at radius 3 is 2.83 bits per heavy atom. The van der Waals surface area contributed by atoms with Crippen LogP contribution >= 0.6 is 11.3 Å². The van der Waals surface area contributed by atoms with E-state index in [1.165, 1.54) is 4.70 Å². The summed E-state index contributed by atoms with van der Waals surface area (Å²) in [5, 5.41) is 13.9. The fraction of sp³-hybridized carbons (Fsp3) is 0.619. The average Bonchev–Trinajstić information content (AvgIpc) is 3.53. The molecule has 9 heteroatoms. The summed E-state index contributed by atoms with van der Waals surface area (Å²) in [5.41, 5.74) is 1.09. The minimum absolute atomic E-state index is 0.241. The predicted octanol–water partition coefficient (Wildman–Crippen LogP) is 3.13. The van der Waals surface area contributed by atoms with Crippen LogP contribution in [0.4, 0.5) is 5.13 Å². The number of nitrogens with zero attached hydrogens (tertiary/aromatic N) is 7. The zero-order valence-corrected chi connectivity index (χ0v) is 18.3. The van der Waals surface area contributed by atoms with Crippen LogP contribution in [-0.4, -0.2) is 69.0 Å². The Bertz CT molecular complexity index is 926. The molecule has 0 unspecified atom stereocenters. The van der Waals surface area contributed by atoms with E-state index in [2.05, 4.69) is 56.5 Å². The lowest BCUT2D eigenvalue weighted by atomic mass is 10.1. The van der Waals surface area contributed by atoms with Crippen LogP contribution in [0.2, 0.25) is 0 Å². The van der Waals surface area contributed by atoms with Gasteiger partial charge in [-0.05, 0) is 41.8 Å². The highest BCUT2D eigenvalue weighted by Gasteiger charge is 2.30. The lowest BCUT2D eigenvalue weighted by molar-refractivity contribution is 0.0891. The number of thiazole rings is 1. The Labute approximate surface area is 180 Å². The molecular formula is C21H29N7OS. The molecule has 0 aliphatic carbocycles. The van der Waals surface area contributed by atoms with E-state index in [1.807, 2.05) is 4.68 Å². The number of piperazine rings is 1. The summed E-state index contributed by atoms with van der Waals surface area (Å²) >= 11 is 1.79. The summed E-state index contributed by atoms with van der Waals surface area (Å²) in [6.45, 7) is 7.79. The van der Waals surface area contributed by atoms with Crippen LogP contribution in [0.3, 0.4) is 0 Å². The highest BCUT2D eigenvalue weighted by atomic mass is 32.1. The summed E-state index contributed by atoms with van der Waals surface area (Å²) in [4.78, 5) is 9.80. The van der Waals surface area contributed by atoms with Crippen molar-refractivity contribution >= 4 is 26.7 Å². The summed E-state index contributed by atoms with van der Waals surface area (Å²) < 4.78 is 9.05. The molecule has 160 valence electrons. The Kier molecular flexibility index (Phi) is 5.92. The molecule has 2 aliphatic rings. The third-order valence-electron chi connectivity index (χ3n) is 6.13. The Balaban J connectivity index is 1.28. The van der Waals surface area contributed by atoms with Crippen molar-refractivity contribution in [1.82, 2.24) is 30.1 Å². The number of hydrogen-bond donors (Lipinski definition) is 0. The third kappa shape index (κ3) is 4.06. The van der Waals surface area contributed by atoms with Gasteiger partial charge in [-0.25, -0.2) is 9.67 Å². The lowest BCUT2D eigenvalue weighted by Gasteiger charge is -2.38.